The summed E-state index contributed by atoms with van der Waals surface area (Å²) in [6, 6.07) is 9.70. The van der Waals surface area contributed by atoms with Crippen LogP contribution in [0.15, 0.2) is 42.5 Å². The summed E-state index contributed by atoms with van der Waals surface area (Å²) in [6.45, 7) is 2.16. The van der Waals surface area contributed by atoms with Gasteiger partial charge in [-0.1, -0.05) is 12.1 Å². The zero-order chi connectivity index (χ0) is 24.5. The maximum absolute atomic E-state index is 13.1. The third-order valence-electron chi connectivity index (χ3n) is 5.86. The summed E-state index contributed by atoms with van der Waals surface area (Å²) >= 11 is 0. The van der Waals surface area contributed by atoms with Gasteiger partial charge in [0.2, 0.25) is 5.91 Å². The molecule has 34 heavy (non-hydrogen) atoms. The maximum atomic E-state index is 13.1. The molecule has 0 aliphatic carbocycles. The zero-order valence-corrected chi connectivity index (χ0v) is 18.4. The van der Waals surface area contributed by atoms with Crippen LogP contribution in [0, 0.1) is 0 Å². The van der Waals surface area contributed by atoms with Crippen molar-refractivity contribution in [3.05, 3.63) is 53.6 Å². The highest BCUT2D eigenvalue weighted by Crippen LogP contribution is 2.35. The van der Waals surface area contributed by atoms with Crippen molar-refractivity contribution in [2.45, 2.75) is 6.18 Å². The summed E-state index contributed by atoms with van der Waals surface area (Å²) in [5.74, 6) is -1.17. The number of ketones is 1. The summed E-state index contributed by atoms with van der Waals surface area (Å²) in [5, 5.41) is 2.35. The molecule has 2 amide bonds. The number of para-hydroxylation sites is 1. The van der Waals surface area contributed by atoms with E-state index in [9.17, 15) is 27.6 Å². The molecule has 0 bridgehead atoms. The molecule has 11 heteroatoms. The van der Waals surface area contributed by atoms with Gasteiger partial charge in [0.1, 0.15) is 5.75 Å². The topological polar surface area (TPSA) is 82.2 Å². The van der Waals surface area contributed by atoms with Crippen molar-refractivity contribution in [2.24, 2.45) is 0 Å². The van der Waals surface area contributed by atoms with Gasteiger partial charge in [-0.3, -0.25) is 29.1 Å². The van der Waals surface area contributed by atoms with Crippen molar-refractivity contribution in [2.75, 3.05) is 56.7 Å². The lowest BCUT2D eigenvalue weighted by atomic mass is 10.1. The van der Waals surface area contributed by atoms with E-state index in [1.54, 1.807) is 18.2 Å². The predicted molar refractivity (Wildman–Crippen MR) is 118 cm³/mol. The van der Waals surface area contributed by atoms with Gasteiger partial charge < -0.3 is 10.1 Å². The molecule has 8 nitrogen and oxygen atoms in total. The van der Waals surface area contributed by atoms with Crippen LogP contribution in [0.25, 0.3) is 0 Å². The van der Waals surface area contributed by atoms with Gasteiger partial charge in [0.05, 0.1) is 42.8 Å². The number of carbonyl (C=O) groups excluding carboxylic acids is 3. The number of hydrogen-bond donors (Lipinski definition) is 1. The van der Waals surface area contributed by atoms with Gasteiger partial charge in [0, 0.05) is 32.2 Å². The quantitative estimate of drug-likeness (QED) is 0.646. The lowest BCUT2D eigenvalue weighted by molar-refractivity contribution is -0.137. The van der Waals surface area contributed by atoms with E-state index < -0.39 is 29.3 Å². The number of fused-ring (bicyclic) bond motifs is 1. The minimum absolute atomic E-state index is 0.0544. The van der Waals surface area contributed by atoms with E-state index in [4.69, 9.17) is 4.74 Å². The number of rotatable bonds is 6. The van der Waals surface area contributed by atoms with Crippen molar-refractivity contribution >= 4 is 29.0 Å². The second-order valence-corrected chi connectivity index (χ2v) is 8.07. The first kappa shape index (κ1) is 23.7. The average Bonchev–Trinajstić information content (AvgIpc) is 3.04. The van der Waals surface area contributed by atoms with Crippen LogP contribution in [-0.2, 0) is 15.8 Å². The molecule has 0 aromatic heterocycles. The lowest BCUT2D eigenvalue weighted by Gasteiger charge is -2.36. The second kappa shape index (κ2) is 9.43. The molecular formula is C23H23F3N4O4. The number of anilines is 2. The maximum Gasteiger partial charge on any atom is 0.418 e. The van der Waals surface area contributed by atoms with Crippen LogP contribution in [0.1, 0.15) is 15.9 Å². The molecule has 2 aliphatic rings. The van der Waals surface area contributed by atoms with Crippen molar-refractivity contribution in [1.82, 2.24) is 9.80 Å². The lowest BCUT2D eigenvalue weighted by Crippen LogP contribution is -2.52. The van der Waals surface area contributed by atoms with Crippen molar-refractivity contribution in [3.8, 4) is 5.75 Å². The summed E-state index contributed by atoms with van der Waals surface area (Å²) in [7, 11) is 1.50. The molecule has 0 spiro atoms. The number of halogens is 3. The summed E-state index contributed by atoms with van der Waals surface area (Å²) in [6.07, 6.45) is -4.56. The predicted octanol–water partition coefficient (Wildman–Crippen LogP) is 2.46. The Morgan fingerprint density at radius 2 is 1.71 bits per heavy atom. The fraction of sp³-hybridized carbons (Fsp3) is 0.348. The first-order valence-electron chi connectivity index (χ1n) is 10.6. The standard InChI is InChI=1S/C23H23F3N4O4/c1-34-15-6-7-16-19(12-15)30(22(33)21(16)32)14-29-10-8-28(9-11-29)13-20(31)27-18-5-3-2-4-17(18)23(24,25)26/h2-7,12H,8-11,13-14H2,1H3,(H,27,31). The smallest absolute Gasteiger partial charge is 0.418 e. The number of amides is 2. The number of methoxy groups -OCH3 is 1. The normalized spacial score (nSPS) is 17.1. The molecule has 2 aromatic rings. The fourth-order valence-corrected chi connectivity index (χ4v) is 4.06. The van der Waals surface area contributed by atoms with Crippen molar-refractivity contribution in [1.29, 1.82) is 0 Å². The molecule has 0 saturated carbocycles. The van der Waals surface area contributed by atoms with Crippen molar-refractivity contribution < 1.29 is 32.3 Å². The highest BCUT2D eigenvalue weighted by atomic mass is 19.4. The molecule has 1 fully saturated rings. The van der Waals surface area contributed by atoms with Gasteiger partial charge in [-0.05, 0) is 24.3 Å². The molecule has 0 unspecified atom stereocenters. The summed E-state index contributed by atoms with van der Waals surface area (Å²) in [4.78, 5) is 42.3. The van der Waals surface area contributed by atoms with E-state index in [-0.39, 0.29) is 18.9 Å². The number of hydrogen-bond acceptors (Lipinski definition) is 6. The zero-order valence-electron chi connectivity index (χ0n) is 18.4. The number of nitrogens with zero attached hydrogens (tertiary/aromatic N) is 3. The molecule has 1 saturated heterocycles. The van der Waals surface area contributed by atoms with Gasteiger partial charge >= 0.3 is 12.1 Å². The van der Waals surface area contributed by atoms with Crippen LogP contribution in [0.4, 0.5) is 24.5 Å². The Morgan fingerprint density at radius 1 is 1.03 bits per heavy atom. The highest BCUT2D eigenvalue weighted by Gasteiger charge is 2.37. The molecule has 1 N–H and O–H groups in total. The minimum Gasteiger partial charge on any atom is -0.497 e. The van der Waals surface area contributed by atoms with E-state index in [2.05, 4.69) is 5.32 Å². The van der Waals surface area contributed by atoms with Gasteiger partial charge in [-0.25, -0.2) is 0 Å². The molecule has 0 radical (unpaired) electrons. The molecular weight excluding hydrogens is 453 g/mol. The van der Waals surface area contributed by atoms with E-state index in [0.29, 0.717) is 43.2 Å². The molecule has 2 aliphatic heterocycles. The van der Waals surface area contributed by atoms with Gasteiger partial charge in [-0.15, -0.1) is 0 Å². The van der Waals surface area contributed by atoms with Crippen LogP contribution in [0.5, 0.6) is 5.75 Å². The molecule has 2 heterocycles. The first-order chi connectivity index (χ1) is 16.2. The number of nitrogens with one attached hydrogen (secondary N) is 1. The van der Waals surface area contributed by atoms with E-state index >= 15 is 0 Å². The Kier molecular flexibility index (Phi) is 6.58. The van der Waals surface area contributed by atoms with Crippen LogP contribution in [-0.4, -0.2) is 73.9 Å². The SMILES string of the molecule is COc1ccc2c(c1)N(CN1CCN(CC(=O)Nc3ccccc3C(F)(F)F)CC1)C(=O)C2=O. The fourth-order valence-electron chi connectivity index (χ4n) is 4.06. The Balaban J connectivity index is 1.32. The number of piperazine rings is 1. The summed E-state index contributed by atoms with van der Waals surface area (Å²) < 4.78 is 44.6. The largest absolute Gasteiger partial charge is 0.497 e. The Morgan fingerprint density at radius 3 is 2.38 bits per heavy atom. The van der Waals surface area contributed by atoms with E-state index in [0.717, 1.165) is 6.07 Å². The van der Waals surface area contributed by atoms with Gasteiger partial charge in [0.15, 0.2) is 0 Å². The van der Waals surface area contributed by atoms with Crippen molar-refractivity contribution in [3.63, 3.8) is 0 Å². The Bertz CT molecular complexity index is 1110. The Hall–Kier alpha value is -3.44. The minimum atomic E-state index is -4.56. The number of ether oxygens (including phenoxy) is 1. The third kappa shape index (κ3) is 4.90. The average molecular weight is 476 g/mol. The Labute approximate surface area is 193 Å². The van der Waals surface area contributed by atoms with E-state index in [1.807, 2.05) is 9.80 Å². The highest BCUT2D eigenvalue weighted by molar-refractivity contribution is 6.52. The van der Waals surface area contributed by atoms with Gasteiger partial charge in [-0.2, -0.15) is 13.2 Å². The number of Topliss-reactive ketones (excluding diaryl/α,β-unsaturated/α-hetero) is 1. The third-order valence-corrected chi connectivity index (χ3v) is 5.86. The van der Waals surface area contributed by atoms with Crippen LogP contribution >= 0.6 is 0 Å². The molecule has 4 rings (SSSR count). The van der Waals surface area contributed by atoms with Crippen LogP contribution in [0.3, 0.4) is 0 Å². The monoisotopic (exact) mass is 476 g/mol. The van der Waals surface area contributed by atoms with E-state index in [1.165, 1.54) is 30.2 Å². The first-order valence-corrected chi connectivity index (χ1v) is 10.6. The summed E-state index contributed by atoms with van der Waals surface area (Å²) in [5.41, 5.74) is -0.334. The number of alkyl halides is 3. The number of benzene rings is 2. The second-order valence-electron chi connectivity index (χ2n) is 8.07. The number of carbonyl (C=O) groups is 3. The van der Waals surface area contributed by atoms with Crippen LogP contribution in [0.2, 0.25) is 0 Å². The van der Waals surface area contributed by atoms with Gasteiger partial charge in [0.25, 0.3) is 5.78 Å². The molecule has 2 aromatic carbocycles. The molecule has 0 atom stereocenters. The molecule has 180 valence electrons. The van der Waals surface area contributed by atoms with Crippen LogP contribution < -0.4 is 15.0 Å².